The highest BCUT2D eigenvalue weighted by Crippen LogP contribution is 2.39. The molecule has 2 amide bonds. The van der Waals surface area contributed by atoms with Gasteiger partial charge in [-0.25, -0.2) is 19.0 Å². The normalized spacial score (nSPS) is 16.5. The number of halogens is 1. The highest BCUT2D eigenvalue weighted by atomic mass is 19.1. The van der Waals surface area contributed by atoms with Crippen LogP contribution in [0.15, 0.2) is 78.9 Å². The second-order valence-corrected chi connectivity index (χ2v) is 14.3. The molecule has 1 aliphatic carbocycles. The molecule has 5 N–H and O–H groups in total. The minimum atomic E-state index is -0.855. The van der Waals surface area contributed by atoms with Crippen molar-refractivity contribution in [1.82, 2.24) is 19.9 Å². The monoisotopic (exact) mass is 720 g/mol. The number of imidazole rings is 1. The maximum absolute atomic E-state index is 14.0. The first-order valence-corrected chi connectivity index (χ1v) is 17.4. The van der Waals surface area contributed by atoms with Gasteiger partial charge in [0, 0.05) is 33.8 Å². The van der Waals surface area contributed by atoms with Crippen LogP contribution in [0.4, 0.5) is 14.9 Å². The minimum absolute atomic E-state index is 0. The van der Waals surface area contributed by atoms with Gasteiger partial charge in [0.25, 0.3) is 5.91 Å². The molecule has 0 radical (unpaired) electrons. The molecule has 1 atom stereocenters. The first-order chi connectivity index (χ1) is 24.8. The molecule has 276 valence electrons. The molecule has 2 aromatic heterocycles. The van der Waals surface area contributed by atoms with Gasteiger partial charge in [-0.3, -0.25) is 4.79 Å². The summed E-state index contributed by atoms with van der Waals surface area (Å²) < 4.78 is 27.1. The summed E-state index contributed by atoms with van der Waals surface area (Å²) in [6.07, 6.45) is 1.62. The number of rotatable bonds is 8. The summed E-state index contributed by atoms with van der Waals surface area (Å²) in [5.41, 5.74) is 11.0. The van der Waals surface area contributed by atoms with Crippen molar-refractivity contribution in [1.29, 1.82) is 0 Å². The number of nitrogens with zero attached hydrogens (tertiary/aromatic N) is 2. The molecular formula is C41H45FN6O5. The molecule has 0 bridgehead atoms. The first kappa shape index (κ1) is 36.9. The number of para-hydroxylation sites is 1. The number of aromatic nitrogens is 3. The van der Waals surface area contributed by atoms with Crippen LogP contribution in [-0.2, 0) is 14.3 Å². The summed E-state index contributed by atoms with van der Waals surface area (Å²) in [5.74, 6) is -0.767. The number of hydrogen-bond donors (Lipinski definition) is 4. The van der Waals surface area contributed by atoms with Crippen LogP contribution in [0.25, 0.3) is 49.9 Å². The molecule has 1 aliphatic rings. The number of carbonyl (C=O) groups is 3. The summed E-state index contributed by atoms with van der Waals surface area (Å²) in [5, 5.41) is 8.08. The zero-order valence-corrected chi connectivity index (χ0v) is 29.5. The number of alkyl carbamates (subject to hydrolysis) is 1. The Balaban J connectivity index is 0.00000481. The Morgan fingerprint density at radius 3 is 2.43 bits per heavy atom. The van der Waals surface area contributed by atoms with Crippen LogP contribution in [0, 0.1) is 5.82 Å². The van der Waals surface area contributed by atoms with E-state index in [1.54, 1.807) is 39.8 Å². The van der Waals surface area contributed by atoms with E-state index >= 15 is 0 Å². The van der Waals surface area contributed by atoms with Crippen molar-refractivity contribution in [2.24, 2.45) is 5.73 Å². The number of anilines is 1. The van der Waals surface area contributed by atoms with Gasteiger partial charge >= 0.3 is 12.1 Å². The molecule has 1 saturated carbocycles. The number of nitrogens with one attached hydrogen (secondary N) is 3. The van der Waals surface area contributed by atoms with Crippen LogP contribution in [0.5, 0.6) is 0 Å². The molecular weight excluding hydrogens is 675 g/mol. The number of benzene rings is 4. The van der Waals surface area contributed by atoms with E-state index in [-0.39, 0.29) is 25.4 Å². The lowest BCUT2D eigenvalue weighted by Crippen LogP contribution is -2.44. The van der Waals surface area contributed by atoms with Gasteiger partial charge in [-0.2, -0.15) is 0 Å². The minimum Gasteiger partial charge on any atom is -0.461 e. The lowest BCUT2D eigenvalue weighted by atomic mass is 9.92. The Hall–Kier alpha value is -5.91. The zero-order valence-electron chi connectivity index (χ0n) is 29.5. The molecule has 7 rings (SSSR count). The molecule has 0 saturated heterocycles. The van der Waals surface area contributed by atoms with Crippen molar-refractivity contribution in [3.63, 3.8) is 0 Å². The molecule has 0 unspecified atom stereocenters. The molecule has 4 aromatic carbocycles. The summed E-state index contributed by atoms with van der Waals surface area (Å²) in [6, 6.07) is 23.3. The van der Waals surface area contributed by atoms with Gasteiger partial charge in [0.2, 0.25) is 0 Å². The number of nitrogens with two attached hydrogens (primary N) is 1. The molecule has 1 fully saturated rings. The quantitative estimate of drug-likeness (QED) is 0.115. The highest BCUT2D eigenvalue weighted by Gasteiger charge is 2.28. The summed E-state index contributed by atoms with van der Waals surface area (Å²) in [4.78, 5) is 45.5. The van der Waals surface area contributed by atoms with Crippen LogP contribution >= 0.6 is 0 Å². The number of carbonyl (C=O) groups excluding carboxylic acids is 3. The van der Waals surface area contributed by atoms with E-state index in [1.165, 1.54) is 12.1 Å². The van der Waals surface area contributed by atoms with Gasteiger partial charge in [0.15, 0.2) is 0 Å². The predicted octanol–water partition coefficient (Wildman–Crippen LogP) is 8.38. The number of ether oxygens (including phenoxy) is 2. The SMILES string of the molecule is C.C[C@H](NC(=O)OC(C)(C)C)C(=O)OC1CCC(Nc2cc(-n3c4ccccc4c4c(-c5nc6ccc(F)cc6[nH]5)cccc43)ccc2C(N)=O)CC1. The van der Waals surface area contributed by atoms with E-state index in [9.17, 15) is 18.8 Å². The van der Waals surface area contributed by atoms with Gasteiger partial charge in [-0.15, -0.1) is 0 Å². The molecule has 0 spiro atoms. The van der Waals surface area contributed by atoms with Gasteiger partial charge in [-0.05, 0) is 102 Å². The molecule has 53 heavy (non-hydrogen) atoms. The van der Waals surface area contributed by atoms with E-state index in [2.05, 4.69) is 32.3 Å². The third-order valence-electron chi connectivity index (χ3n) is 9.33. The Morgan fingerprint density at radius 1 is 0.962 bits per heavy atom. The summed E-state index contributed by atoms with van der Waals surface area (Å²) in [6.45, 7) is 6.82. The number of fused-ring (bicyclic) bond motifs is 4. The average Bonchev–Trinajstić information content (AvgIpc) is 3.67. The Kier molecular flexibility index (Phi) is 10.2. The Bertz CT molecular complexity index is 2330. The first-order valence-electron chi connectivity index (χ1n) is 17.4. The van der Waals surface area contributed by atoms with E-state index in [4.69, 9.17) is 20.2 Å². The van der Waals surface area contributed by atoms with Crippen LogP contribution in [-0.4, -0.2) is 56.3 Å². The predicted molar refractivity (Wildman–Crippen MR) is 206 cm³/mol. The lowest BCUT2D eigenvalue weighted by Gasteiger charge is -2.31. The smallest absolute Gasteiger partial charge is 0.408 e. The molecule has 0 aliphatic heterocycles. The number of H-pyrrole nitrogens is 1. The Morgan fingerprint density at radius 2 is 1.70 bits per heavy atom. The van der Waals surface area contributed by atoms with Crippen LogP contribution in [0.3, 0.4) is 0 Å². The third kappa shape index (κ3) is 7.67. The summed E-state index contributed by atoms with van der Waals surface area (Å²) in [7, 11) is 0. The number of amides is 2. The van der Waals surface area contributed by atoms with Crippen molar-refractivity contribution >= 4 is 56.5 Å². The van der Waals surface area contributed by atoms with E-state index < -0.39 is 29.6 Å². The van der Waals surface area contributed by atoms with Crippen LogP contribution in [0.2, 0.25) is 0 Å². The van der Waals surface area contributed by atoms with Crippen molar-refractivity contribution in [2.45, 2.75) is 84.6 Å². The summed E-state index contributed by atoms with van der Waals surface area (Å²) >= 11 is 0. The Labute approximate surface area is 307 Å². The molecule has 6 aromatic rings. The largest absolute Gasteiger partial charge is 0.461 e. The molecule has 12 heteroatoms. The van der Waals surface area contributed by atoms with Gasteiger partial charge in [0.1, 0.15) is 29.4 Å². The van der Waals surface area contributed by atoms with Crippen molar-refractivity contribution in [3.05, 3.63) is 90.2 Å². The van der Waals surface area contributed by atoms with Crippen molar-refractivity contribution in [3.8, 4) is 17.1 Å². The molecule has 11 nitrogen and oxygen atoms in total. The highest BCUT2D eigenvalue weighted by molar-refractivity contribution is 6.15. The number of hydrogen-bond acceptors (Lipinski definition) is 7. The van der Waals surface area contributed by atoms with Crippen LogP contribution in [0.1, 0.15) is 71.2 Å². The fourth-order valence-electron chi connectivity index (χ4n) is 6.96. The van der Waals surface area contributed by atoms with Crippen molar-refractivity contribution in [2.75, 3.05) is 5.32 Å². The van der Waals surface area contributed by atoms with E-state index in [1.807, 2.05) is 42.5 Å². The third-order valence-corrected chi connectivity index (χ3v) is 9.33. The zero-order chi connectivity index (χ0) is 36.7. The fraction of sp³-hybridized carbons (Fsp3) is 0.317. The maximum atomic E-state index is 14.0. The van der Waals surface area contributed by atoms with Crippen molar-refractivity contribution < 1.29 is 28.2 Å². The maximum Gasteiger partial charge on any atom is 0.408 e. The number of aromatic amines is 1. The lowest BCUT2D eigenvalue weighted by molar-refractivity contribution is -0.152. The van der Waals surface area contributed by atoms with Gasteiger partial charge in [-0.1, -0.05) is 37.8 Å². The second-order valence-electron chi connectivity index (χ2n) is 14.3. The number of primary amides is 1. The van der Waals surface area contributed by atoms with Crippen LogP contribution < -0.4 is 16.4 Å². The fourth-order valence-corrected chi connectivity index (χ4v) is 6.96. The van der Waals surface area contributed by atoms with E-state index in [0.717, 1.165) is 33.1 Å². The average molecular weight is 721 g/mol. The van der Waals surface area contributed by atoms with Gasteiger partial charge < -0.3 is 35.4 Å². The van der Waals surface area contributed by atoms with E-state index in [0.29, 0.717) is 53.8 Å². The standard InChI is InChI=1S/C40H41FN6O5.CH4/c1-22(43-39(50)52-40(2,3)4)38(49)51-26-16-13-24(14-17-26)44-31-21-25(15-18-27(31)36(42)48)47-33-10-6-5-8-28(33)35-29(9-7-11-34(35)47)37-45-30-19-12-23(41)20-32(30)46-37;/h5-12,15,18-22,24,26,44H,13-14,16-17H2,1-4H3,(H2,42,48)(H,43,50)(H,45,46);1H4/t22-,24?,26?;/m0./s1. The van der Waals surface area contributed by atoms with Gasteiger partial charge in [0.05, 0.1) is 27.6 Å². The number of esters is 1. The second kappa shape index (κ2) is 14.6. The molecule has 2 heterocycles. The topological polar surface area (TPSA) is 153 Å².